The largest absolute Gasteiger partial charge is 0.497 e. The van der Waals surface area contributed by atoms with Crippen LogP contribution in [0, 0.1) is 0 Å². The van der Waals surface area contributed by atoms with E-state index >= 15 is 0 Å². The Labute approximate surface area is 159 Å². The molecule has 0 aliphatic carbocycles. The van der Waals surface area contributed by atoms with Crippen molar-refractivity contribution < 1.29 is 19.1 Å². The summed E-state index contributed by atoms with van der Waals surface area (Å²) in [6.07, 6.45) is -0.300. The number of amides is 2. The summed E-state index contributed by atoms with van der Waals surface area (Å²) in [5.74, 6) is 1.31. The van der Waals surface area contributed by atoms with Gasteiger partial charge in [0.05, 0.1) is 12.8 Å². The third kappa shape index (κ3) is 4.22. The number of anilines is 1. The van der Waals surface area contributed by atoms with E-state index in [1.165, 1.54) is 0 Å². The maximum Gasteiger partial charge on any atom is 0.267 e. The van der Waals surface area contributed by atoms with Crippen LogP contribution in [0.1, 0.15) is 18.9 Å². The van der Waals surface area contributed by atoms with Crippen molar-refractivity contribution >= 4 is 17.5 Å². The lowest BCUT2D eigenvalue weighted by molar-refractivity contribution is -0.130. The van der Waals surface area contributed by atoms with Crippen molar-refractivity contribution in [3.63, 3.8) is 0 Å². The molecule has 27 heavy (non-hydrogen) atoms. The first kappa shape index (κ1) is 18.8. The minimum atomic E-state index is -0.549. The molecule has 0 radical (unpaired) electrons. The summed E-state index contributed by atoms with van der Waals surface area (Å²) in [7, 11) is 3.39. The molecule has 142 valence electrons. The number of para-hydroxylation sites is 2. The zero-order valence-electron chi connectivity index (χ0n) is 15.8. The van der Waals surface area contributed by atoms with Crippen LogP contribution in [0.2, 0.25) is 0 Å². The summed E-state index contributed by atoms with van der Waals surface area (Å²) >= 11 is 0. The number of benzene rings is 2. The fourth-order valence-electron chi connectivity index (χ4n) is 3.08. The summed E-state index contributed by atoms with van der Waals surface area (Å²) in [6.45, 7) is 2.56. The van der Waals surface area contributed by atoms with E-state index < -0.39 is 6.10 Å². The van der Waals surface area contributed by atoms with Crippen molar-refractivity contribution in [2.75, 3.05) is 25.6 Å². The molecule has 3 rings (SSSR count). The third-order valence-corrected chi connectivity index (χ3v) is 4.63. The summed E-state index contributed by atoms with van der Waals surface area (Å²) in [4.78, 5) is 28.3. The lowest BCUT2D eigenvalue weighted by Gasteiger charge is -2.33. The van der Waals surface area contributed by atoms with E-state index in [-0.39, 0.29) is 18.2 Å². The second-order valence-electron chi connectivity index (χ2n) is 6.57. The topological polar surface area (TPSA) is 59.1 Å². The van der Waals surface area contributed by atoms with Crippen molar-refractivity contribution in [3.05, 3.63) is 54.1 Å². The second kappa shape index (κ2) is 8.12. The number of fused-ring (bicyclic) bond motifs is 1. The van der Waals surface area contributed by atoms with Gasteiger partial charge in [0.25, 0.3) is 5.91 Å². The van der Waals surface area contributed by atoms with Crippen LogP contribution in [0.4, 0.5) is 5.69 Å². The monoisotopic (exact) mass is 368 g/mol. The minimum Gasteiger partial charge on any atom is -0.497 e. The van der Waals surface area contributed by atoms with Crippen molar-refractivity contribution in [1.82, 2.24) is 4.90 Å². The Balaban J connectivity index is 1.61. The number of carbonyl (C=O) groups excluding carboxylic acids is 2. The van der Waals surface area contributed by atoms with Gasteiger partial charge in [-0.25, -0.2) is 0 Å². The number of carbonyl (C=O) groups is 2. The van der Waals surface area contributed by atoms with Gasteiger partial charge < -0.3 is 19.3 Å². The Kier molecular flexibility index (Phi) is 5.64. The quantitative estimate of drug-likeness (QED) is 0.787. The fourth-order valence-corrected chi connectivity index (χ4v) is 3.08. The number of rotatable bonds is 6. The number of hydrogen-bond donors (Lipinski definition) is 0. The molecule has 0 spiro atoms. The normalized spacial score (nSPS) is 15.7. The SMILES string of the molecule is COc1ccc(CN(C)C(=O)CCN2C(=O)[C@@H](C)Oc3ccccc32)cc1. The molecule has 1 atom stereocenters. The average molecular weight is 368 g/mol. The van der Waals surface area contributed by atoms with Crippen LogP contribution in [0.15, 0.2) is 48.5 Å². The van der Waals surface area contributed by atoms with E-state index in [2.05, 4.69) is 0 Å². The van der Waals surface area contributed by atoms with Crippen molar-refractivity contribution in [2.45, 2.75) is 26.0 Å². The first-order valence-corrected chi connectivity index (χ1v) is 8.93. The first-order valence-electron chi connectivity index (χ1n) is 8.93. The van der Waals surface area contributed by atoms with Gasteiger partial charge >= 0.3 is 0 Å². The predicted molar refractivity (Wildman–Crippen MR) is 103 cm³/mol. The molecule has 6 heteroatoms. The molecule has 0 saturated heterocycles. The molecule has 2 aromatic carbocycles. The Morgan fingerprint density at radius 3 is 2.59 bits per heavy atom. The Bertz CT molecular complexity index is 819. The molecule has 1 heterocycles. The van der Waals surface area contributed by atoms with Crippen LogP contribution in [-0.2, 0) is 16.1 Å². The Morgan fingerprint density at radius 1 is 1.19 bits per heavy atom. The lowest BCUT2D eigenvalue weighted by Crippen LogP contribution is -2.45. The standard InChI is InChI=1S/C21H24N2O4/c1-15-21(25)23(18-6-4-5-7-19(18)27-15)13-12-20(24)22(2)14-16-8-10-17(26-3)11-9-16/h4-11,15H,12-14H2,1-3H3/t15-/m1/s1. The second-order valence-corrected chi connectivity index (χ2v) is 6.57. The summed E-state index contributed by atoms with van der Waals surface area (Å²) in [5.41, 5.74) is 1.74. The first-order chi connectivity index (χ1) is 13.0. The van der Waals surface area contributed by atoms with Gasteiger partial charge in [-0.2, -0.15) is 0 Å². The van der Waals surface area contributed by atoms with Gasteiger partial charge in [0.15, 0.2) is 6.10 Å². The lowest BCUT2D eigenvalue weighted by atomic mass is 10.1. The third-order valence-electron chi connectivity index (χ3n) is 4.63. The maximum atomic E-state index is 12.5. The van der Waals surface area contributed by atoms with Crippen LogP contribution in [-0.4, -0.2) is 43.5 Å². The van der Waals surface area contributed by atoms with Crippen LogP contribution in [0.5, 0.6) is 11.5 Å². The van der Waals surface area contributed by atoms with E-state index in [0.29, 0.717) is 24.5 Å². The number of nitrogens with zero attached hydrogens (tertiary/aromatic N) is 2. The predicted octanol–water partition coefficient (Wildman–Crippen LogP) is 2.86. The summed E-state index contributed by atoms with van der Waals surface area (Å²) in [5, 5.41) is 0. The number of methoxy groups -OCH3 is 1. The Morgan fingerprint density at radius 2 is 1.89 bits per heavy atom. The van der Waals surface area contributed by atoms with E-state index in [9.17, 15) is 9.59 Å². The molecule has 1 aliphatic rings. The van der Waals surface area contributed by atoms with Crippen LogP contribution in [0.25, 0.3) is 0 Å². The van der Waals surface area contributed by atoms with Gasteiger partial charge in [0.1, 0.15) is 11.5 Å². The van der Waals surface area contributed by atoms with E-state index in [0.717, 1.165) is 11.3 Å². The minimum absolute atomic E-state index is 0.0183. The molecule has 0 fully saturated rings. The van der Waals surface area contributed by atoms with Gasteiger partial charge in [-0.1, -0.05) is 24.3 Å². The highest BCUT2D eigenvalue weighted by molar-refractivity contribution is 6.00. The highest BCUT2D eigenvalue weighted by Gasteiger charge is 2.31. The van der Waals surface area contributed by atoms with Crippen LogP contribution >= 0.6 is 0 Å². The van der Waals surface area contributed by atoms with Crippen molar-refractivity contribution in [3.8, 4) is 11.5 Å². The zero-order chi connectivity index (χ0) is 19.4. The molecular formula is C21H24N2O4. The van der Waals surface area contributed by atoms with Crippen LogP contribution in [0.3, 0.4) is 0 Å². The van der Waals surface area contributed by atoms with Gasteiger partial charge in [0, 0.05) is 26.6 Å². The molecule has 6 nitrogen and oxygen atoms in total. The summed E-state index contributed by atoms with van der Waals surface area (Å²) < 4.78 is 10.8. The highest BCUT2D eigenvalue weighted by atomic mass is 16.5. The van der Waals surface area contributed by atoms with Crippen molar-refractivity contribution in [1.29, 1.82) is 0 Å². The number of ether oxygens (including phenoxy) is 2. The van der Waals surface area contributed by atoms with Gasteiger partial charge in [-0.15, -0.1) is 0 Å². The summed E-state index contributed by atoms with van der Waals surface area (Å²) in [6, 6.07) is 15.0. The molecule has 2 aromatic rings. The highest BCUT2D eigenvalue weighted by Crippen LogP contribution is 2.33. The zero-order valence-corrected chi connectivity index (χ0v) is 15.8. The molecule has 0 bridgehead atoms. The Hall–Kier alpha value is -3.02. The molecule has 2 amide bonds. The van der Waals surface area contributed by atoms with Gasteiger partial charge in [-0.3, -0.25) is 9.59 Å². The molecule has 0 unspecified atom stereocenters. The average Bonchev–Trinajstić information content (AvgIpc) is 2.68. The maximum absolute atomic E-state index is 12.5. The van der Waals surface area contributed by atoms with Crippen LogP contribution < -0.4 is 14.4 Å². The smallest absolute Gasteiger partial charge is 0.267 e. The fraction of sp³-hybridized carbons (Fsp3) is 0.333. The van der Waals surface area contributed by atoms with Gasteiger partial charge in [-0.05, 0) is 36.8 Å². The molecule has 1 aliphatic heterocycles. The molecule has 0 N–H and O–H groups in total. The van der Waals surface area contributed by atoms with E-state index in [1.807, 2.05) is 48.5 Å². The molecular weight excluding hydrogens is 344 g/mol. The van der Waals surface area contributed by atoms with Gasteiger partial charge in [0.2, 0.25) is 5.91 Å². The van der Waals surface area contributed by atoms with E-state index in [1.54, 1.807) is 30.9 Å². The van der Waals surface area contributed by atoms with E-state index in [4.69, 9.17) is 9.47 Å². The molecule has 0 aromatic heterocycles. The molecule has 0 saturated carbocycles. The number of hydrogen-bond acceptors (Lipinski definition) is 4. The van der Waals surface area contributed by atoms with Crippen molar-refractivity contribution in [2.24, 2.45) is 0 Å².